The molecule has 1 N–H and O–H groups in total. The fourth-order valence-corrected chi connectivity index (χ4v) is 1.37. The number of halogens is 2. The lowest BCUT2D eigenvalue weighted by Crippen LogP contribution is -2.21. The molecular weight excluding hydrogens is 312 g/mol. The molecular formula is C9H10Br2N2O. The monoisotopic (exact) mass is 320 g/mol. The molecule has 0 saturated heterocycles. The van der Waals surface area contributed by atoms with Crippen molar-refractivity contribution in [2.45, 2.75) is 18.2 Å². The number of pyridine rings is 1. The molecule has 1 unspecified atom stereocenters. The van der Waals surface area contributed by atoms with Gasteiger partial charge < -0.3 is 5.32 Å². The summed E-state index contributed by atoms with van der Waals surface area (Å²) in [6.07, 6.45) is 2.40. The summed E-state index contributed by atoms with van der Waals surface area (Å²) in [5.74, 6) is -0.0365. The first kappa shape index (κ1) is 11.7. The maximum absolute atomic E-state index is 11.5. The predicted molar refractivity (Wildman–Crippen MR) is 63.6 cm³/mol. The van der Waals surface area contributed by atoms with Crippen LogP contribution in [0.25, 0.3) is 0 Å². The van der Waals surface area contributed by atoms with Gasteiger partial charge in [0.15, 0.2) is 0 Å². The summed E-state index contributed by atoms with van der Waals surface area (Å²) in [7, 11) is 0. The topological polar surface area (TPSA) is 42.0 Å². The Morgan fingerprint density at radius 2 is 2.43 bits per heavy atom. The second-order valence-electron chi connectivity index (χ2n) is 2.73. The van der Waals surface area contributed by atoms with Crippen LogP contribution in [0.2, 0.25) is 0 Å². The highest BCUT2D eigenvalue weighted by Gasteiger charge is 2.11. The lowest BCUT2D eigenvalue weighted by molar-refractivity contribution is -0.115. The van der Waals surface area contributed by atoms with Crippen molar-refractivity contribution in [3.05, 3.63) is 22.9 Å². The van der Waals surface area contributed by atoms with Gasteiger partial charge in [-0.25, -0.2) is 4.98 Å². The van der Waals surface area contributed by atoms with Crippen molar-refractivity contribution in [2.75, 3.05) is 5.32 Å². The third kappa shape index (κ3) is 3.38. The molecule has 14 heavy (non-hydrogen) atoms. The molecule has 0 fully saturated rings. The molecule has 1 aromatic heterocycles. The first-order valence-electron chi connectivity index (χ1n) is 4.20. The Bertz CT molecular complexity index is 330. The number of anilines is 1. The molecule has 1 amide bonds. The lowest BCUT2D eigenvalue weighted by Gasteiger charge is -2.08. The zero-order valence-corrected chi connectivity index (χ0v) is 10.8. The average Bonchev–Trinajstić information content (AvgIpc) is 2.16. The maximum Gasteiger partial charge on any atom is 0.238 e. The summed E-state index contributed by atoms with van der Waals surface area (Å²) >= 11 is 6.51. The fourth-order valence-electron chi connectivity index (χ4n) is 0.886. The van der Waals surface area contributed by atoms with E-state index in [9.17, 15) is 4.79 Å². The van der Waals surface area contributed by atoms with Crippen LogP contribution in [0.3, 0.4) is 0 Å². The quantitative estimate of drug-likeness (QED) is 0.687. The number of carbonyl (C=O) groups is 1. The molecule has 1 aromatic rings. The van der Waals surface area contributed by atoms with Crippen LogP contribution in [0.1, 0.15) is 13.3 Å². The summed E-state index contributed by atoms with van der Waals surface area (Å²) in [5, 5.41) is 2.78. The highest BCUT2D eigenvalue weighted by atomic mass is 79.9. The molecule has 0 aromatic carbocycles. The average molecular weight is 322 g/mol. The van der Waals surface area contributed by atoms with E-state index in [4.69, 9.17) is 0 Å². The number of amides is 1. The molecule has 5 heteroatoms. The van der Waals surface area contributed by atoms with E-state index in [2.05, 4.69) is 42.2 Å². The van der Waals surface area contributed by atoms with Gasteiger partial charge in [-0.05, 0) is 34.5 Å². The van der Waals surface area contributed by atoms with Gasteiger partial charge in [0.1, 0.15) is 4.60 Å². The number of aromatic nitrogens is 1. The Kier molecular flexibility index (Phi) is 4.54. The van der Waals surface area contributed by atoms with E-state index >= 15 is 0 Å². The summed E-state index contributed by atoms with van der Waals surface area (Å²) < 4.78 is 0.706. The van der Waals surface area contributed by atoms with Crippen molar-refractivity contribution in [1.82, 2.24) is 4.98 Å². The first-order valence-corrected chi connectivity index (χ1v) is 5.91. The van der Waals surface area contributed by atoms with Crippen molar-refractivity contribution < 1.29 is 4.79 Å². The van der Waals surface area contributed by atoms with E-state index in [1.807, 2.05) is 6.92 Å². The Balaban J connectivity index is 2.65. The predicted octanol–water partition coefficient (Wildman–Crippen LogP) is 2.96. The van der Waals surface area contributed by atoms with Crippen molar-refractivity contribution in [3.8, 4) is 0 Å². The van der Waals surface area contributed by atoms with Gasteiger partial charge in [0.25, 0.3) is 0 Å². The van der Waals surface area contributed by atoms with Crippen molar-refractivity contribution >= 4 is 43.5 Å². The molecule has 1 atom stereocenters. The van der Waals surface area contributed by atoms with E-state index in [-0.39, 0.29) is 10.7 Å². The van der Waals surface area contributed by atoms with Crippen LogP contribution in [0, 0.1) is 0 Å². The molecule has 0 bridgehead atoms. The second kappa shape index (κ2) is 5.46. The van der Waals surface area contributed by atoms with Gasteiger partial charge in [0.2, 0.25) is 5.91 Å². The Hall–Kier alpha value is -0.420. The van der Waals surface area contributed by atoms with E-state index in [1.165, 1.54) is 0 Å². The standard InChI is InChI=1S/C9H10Br2N2O/c1-2-7(10)9(14)13-6-3-4-12-8(11)5-6/h3-5,7H,2H2,1H3,(H,12,13,14). The smallest absolute Gasteiger partial charge is 0.238 e. The van der Waals surface area contributed by atoms with Gasteiger partial charge in [-0.15, -0.1) is 0 Å². The molecule has 0 saturated carbocycles. The number of nitrogens with one attached hydrogen (secondary N) is 1. The highest BCUT2D eigenvalue weighted by molar-refractivity contribution is 9.10. The van der Waals surface area contributed by atoms with Gasteiger partial charge in [0.05, 0.1) is 4.83 Å². The van der Waals surface area contributed by atoms with Crippen LogP contribution in [-0.4, -0.2) is 15.7 Å². The molecule has 3 nitrogen and oxygen atoms in total. The number of rotatable bonds is 3. The van der Waals surface area contributed by atoms with E-state index in [0.717, 1.165) is 12.1 Å². The molecule has 1 heterocycles. The number of carbonyl (C=O) groups excluding carboxylic acids is 1. The van der Waals surface area contributed by atoms with Crippen molar-refractivity contribution in [3.63, 3.8) is 0 Å². The molecule has 1 rings (SSSR count). The van der Waals surface area contributed by atoms with Gasteiger partial charge in [0, 0.05) is 11.9 Å². The first-order chi connectivity index (χ1) is 6.63. The van der Waals surface area contributed by atoms with Crippen molar-refractivity contribution in [2.24, 2.45) is 0 Å². The second-order valence-corrected chi connectivity index (χ2v) is 4.65. The van der Waals surface area contributed by atoms with Gasteiger partial charge in [-0.3, -0.25) is 4.79 Å². The summed E-state index contributed by atoms with van der Waals surface area (Å²) in [6.45, 7) is 1.95. The van der Waals surface area contributed by atoms with E-state index in [0.29, 0.717) is 4.60 Å². The van der Waals surface area contributed by atoms with Crippen LogP contribution >= 0.6 is 31.9 Å². The number of nitrogens with zero attached hydrogens (tertiary/aromatic N) is 1. The highest BCUT2D eigenvalue weighted by Crippen LogP contribution is 2.14. The maximum atomic E-state index is 11.5. The van der Waals surface area contributed by atoms with Gasteiger partial charge in [-0.2, -0.15) is 0 Å². The SMILES string of the molecule is CCC(Br)C(=O)Nc1ccnc(Br)c1. The van der Waals surface area contributed by atoms with Gasteiger partial charge in [-0.1, -0.05) is 22.9 Å². The fraction of sp³-hybridized carbons (Fsp3) is 0.333. The summed E-state index contributed by atoms with van der Waals surface area (Å²) in [5.41, 5.74) is 0.745. The van der Waals surface area contributed by atoms with Gasteiger partial charge >= 0.3 is 0 Å². The summed E-state index contributed by atoms with van der Waals surface area (Å²) in [6, 6.07) is 3.51. The molecule has 0 spiro atoms. The van der Waals surface area contributed by atoms with E-state index < -0.39 is 0 Å². The zero-order chi connectivity index (χ0) is 10.6. The van der Waals surface area contributed by atoms with Crippen molar-refractivity contribution in [1.29, 1.82) is 0 Å². The largest absolute Gasteiger partial charge is 0.325 e. The lowest BCUT2D eigenvalue weighted by atomic mass is 10.3. The molecule has 0 aliphatic rings. The van der Waals surface area contributed by atoms with Crippen LogP contribution < -0.4 is 5.32 Å². The molecule has 0 aliphatic heterocycles. The molecule has 0 radical (unpaired) electrons. The third-order valence-electron chi connectivity index (χ3n) is 1.64. The number of hydrogen-bond acceptors (Lipinski definition) is 2. The number of alkyl halides is 1. The van der Waals surface area contributed by atoms with E-state index in [1.54, 1.807) is 18.3 Å². The third-order valence-corrected chi connectivity index (χ3v) is 3.13. The summed E-state index contributed by atoms with van der Waals surface area (Å²) in [4.78, 5) is 15.3. The van der Waals surface area contributed by atoms with Crippen LogP contribution in [0.15, 0.2) is 22.9 Å². The Morgan fingerprint density at radius 1 is 1.71 bits per heavy atom. The zero-order valence-electron chi connectivity index (χ0n) is 7.63. The van der Waals surface area contributed by atoms with Crippen LogP contribution in [0.5, 0.6) is 0 Å². The van der Waals surface area contributed by atoms with Crippen LogP contribution in [0.4, 0.5) is 5.69 Å². The minimum Gasteiger partial charge on any atom is -0.325 e. The molecule has 0 aliphatic carbocycles. The van der Waals surface area contributed by atoms with Crippen LogP contribution in [-0.2, 0) is 4.79 Å². The minimum atomic E-state index is -0.144. The Labute approximate surface area is 99.6 Å². The minimum absolute atomic E-state index is 0.0365. The normalized spacial score (nSPS) is 12.2. The molecule has 76 valence electrons. The Morgan fingerprint density at radius 3 is 3.00 bits per heavy atom. The number of hydrogen-bond donors (Lipinski definition) is 1.